The van der Waals surface area contributed by atoms with Crippen molar-refractivity contribution >= 4 is 0 Å². The van der Waals surface area contributed by atoms with E-state index in [4.69, 9.17) is 0 Å². The van der Waals surface area contributed by atoms with Crippen molar-refractivity contribution in [1.82, 2.24) is 15.0 Å². The maximum Gasteiger partial charge on any atom is 0 e. The SMILES string of the molecule is Cc1n[c-]n[c-]n1.[CH2-]CC.[CH2-]CC.[Y].[Y]. The molecule has 2 radical (unpaired) electrons. The Balaban J connectivity index is -0.0000000665. The molecule has 0 atom stereocenters. The molecule has 0 unspecified atom stereocenters. The van der Waals surface area contributed by atoms with Crippen LogP contribution in [0.5, 0.6) is 0 Å². The minimum atomic E-state index is 0. The molecule has 0 aliphatic heterocycles. The van der Waals surface area contributed by atoms with Gasteiger partial charge >= 0.3 is 0 Å². The van der Waals surface area contributed by atoms with E-state index in [0.29, 0.717) is 5.82 Å². The third kappa shape index (κ3) is 31.3. The number of aromatic nitrogens is 3. The van der Waals surface area contributed by atoms with Gasteiger partial charge in [-0.2, -0.15) is 25.5 Å². The van der Waals surface area contributed by atoms with Crippen LogP contribution in [0.25, 0.3) is 0 Å². The molecule has 0 aliphatic carbocycles. The molecule has 15 heavy (non-hydrogen) atoms. The van der Waals surface area contributed by atoms with Crippen molar-refractivity contribution in [2.24, 2.45) is 0 Å². The summed E-state index contributed by atoms with van der Waals surface area (Å²) in [6.07, 6.45) is 6.69. The van der Waals surface area contributed by atoms with E-state index >= 15 is 0 Å². The molecule has 5 heteroatoms. The van der Waals surface area contributed by atoms with Crippen LogP contribution in [0.2, 0.25) is 0 Å². The molecule has 0 fully saturated rings. The van der Waals surface area contributed by atoms with Crippen molar-refractivity contribution in [1.29, 1.82) is 0 Å². The summed E-state index contributed by atoms with van der Waals surface area (Å²) in [6.45, 7) is 12.8. The van der Waals surface area contributed by atoms with Gasteiger partial charge in [0.15, 0.2) is 0 Å². The molecule has 1 rings (SSSR count). The molecule has 0 spiro atoms. The Kier molecular flexibility index (Phi) is 41.0. The number of nitrogens with zero attached hydrogens (tertiary/aromatic N) is 3. The van der Waals surface area contributed by atoms with Gasteiger partial charge in [0.1, 0.15) is 0 Å². The molecule has 0 saturated carbocycles. The topological polar surface area (TPSA) is 38.7 Å². The van der Waals surface area contributed by atoms with Crippen molar-refractivity contribution in [3.63, 3.8) is 0 Å². The minimum absolute atomic E-state index is 0. The van der Waals surface area contributed by atoms with Crippen LogP contribution >= 0.6 is 0 Å². The molecule has 0 amide bonds. The van der Waals surface area contributed by atoms with Gasteiger partial charge < -0.3 is 28.8 Å². The Labute approximate surface area is 144 Å². The van der Waals surface area contributed by atoms with Crippen LogP contribution in [-0.4, -0.2) is 15.0 Å². The average molecular weight is 357 g/mol. The fraction of sp³-hybridized carbons (Fsp3) is 0.500. The maximum atomic E-state index is 3.60. The molecular formula is C10H17N3Y2-4. The van der Waals surface area contributed by atoms with Crippen molar-refractivity contribution in [2.75, 3.05) is 0 Å². The summed E-state index contributed by atoms with van der Waals surface area (Å²) >= 11 is 0. The first kappa shape index (κ1) is 25.2. The minimum Gasteiger partial charge on any atom is -0.505 e. The molecule has 0 saturated heterocycles. The summed E-state index contributed by atoms with van der Waals surface area (Å²) < 4.78 is 0. The van der Waals surface area contributed by atoms with E-state index in [1.807, 2.05) is 13.8 Å². The van der Waals surface area contributed by atoms with Crippen LogP contribution in [0.3, 0.4) is 0 Å². The standard InChI is InChI=1S/C4H3N3.2C3H7.2Y/c1-4-6-2-5-3-7-4;2*1-3-2;;/h1H3;2*1,3H2,2H3;;/q-2;2*-1;;. The third-order valence-corrected chi connectivity index (χ3v) is 0.524. The second-order valence-corrected chi connectivity index (χ2v) is 2.08. The Morgan fingerprint density at radius 3 is 1.40 bits per heavy atom. The Morgan fingerprint density at radius 1 is 1.00 bits per heavy atom. The van der Waals surface area contributed by atoms with E-state index in [2.05, 4.69) is 41.5 Å². The van der Waals surface area contributed by atoms with Crippen molar-refractivity contribution in [3.05, 3.63) is 32.3 Å². The van der Waals surface area contributed by atoms with Crippen LogP contribution in [0.1, 0.15) is 32.5 Å². The van der Waals surface area contributed by atoms with E-state index < -0.39 is 0 Å². The Hall–Kier alpha value is 1.22. The summed E-state index contributed by atoms with van der Waals surface area (Å²) in [5.74, 6) is 0.648. The molecule has 0 bridgehead atoms. The van der Waals surface area contributed by atoms with Gasteiger partial charge in [0.05, 0.1) is 0 Å². The molecule has 1 aromatic heterocycles. The average Bonchev–Trinajstić information content (AvgIpc) is 2.08. The summed E-state index contributed by atoms with van der Waals surface area (Å²) in [6, 6.07) is 0. The number of rotatable bonds is 0. The largest absolute Gasteiger partial charge is 0.505 e. The normalized spacial score (nSPS) is 6.47. The third-order valence-electron chi connectivity index (χ3n) is 0.524. The first-order valence-electron chi connectivity index (χ1n) is 4.26. The molecule has 0 aliphatic rings. The van der Waals surface area contributed by atoms with Crippen LogP contribution in [0, 0.1) is 33.4 Å². The van der Waals surface area contributed by atoms with Crippen molar-refractivity contribution in [3.8, 4) is 0 Å². The van der Waals surface area contributed by atoms with Crippen LogP contribution < -0.4 is 0 Å². The van der Waals surface area contributed by atoms with Crippen molar-refractivity contribution < 1.29 is 65.4 Å². The number of hydrogen-bond donors (Lipinski definition) is 0. The van der Waals surface area contributed by atoms with E-state index in [9.17, 15) is 0 Å². The molecule has 82 valence electrons. The smallest absolute Gasteiger partial charge is 0 e. The second kappa shape index (κ2) is 24.4. The summed E-state index contributed by atoms with van der Waals surface area (Å²) in [5, 5.41) is 0. The van der Waals surface area contributed by atoms with Gasteiger partial charge in [-0.05, 0) is 0 Å². The van der Waals surface area contributed by atoms with Gasteiger partial charge in [-0.15, -0.1) is 5.82 Å². The fourth-order valence-electron chi connectivity index (χ4n) is 0.242. The van der Waals surface area contributed by atoms with E-state index in [1.54, 1.807) is 6.92 Å². The first-order chi connectivity index (χ1) is 6.22. The van der Waals surface area contributed by atoms with Gasteiger partial charge in [0.2, 0.25) is 0 Å². The molecular weight excluding hydrogens is 340 g/mol. The Bertz CT molecular complexity index is 170. The fourth-order valence-corrected chi connectivity index (χ4v) is 0.242. The summed E-state index contributed by atoms with van der Waals surface area (Å²) in [5.41, 5.74) is 0. The summed E-state index contributed by atoms with van der Waals surface area (Å²) in [7, 11) is 0. The van der Waals surface area contributed by atoms with Gasteiger partial charge in [-0.1, -0.05) is 20.8 Å². The van der Waals surface area contributed by atoms with E-state index in [0.717, 1.165) is 12.8 Å². The van der Waals surface area contributed by atoms with Crippen LogP contribution in [0.15, 0.2) is 0 Å². The molecule has 3 nitrogen and oxygen atoms in total. The van der Waals surface area contributed by atoms with Crippen LogP contribution in [0.4, 0.5) is 0 Å². The molecule has 0 aromatic carbocycles. The van der Waals surface area contributed by atoms with Crippen LogP contribution in [-0.2, 0) is 65.4 Å². The predicted molar refractivity (Wildman–Crippen MR) is 53.5 cm³/mol. The van der Waals surface area contributed by atoms with E-state index in [1.165, 1.54) is 0 Å². The number of hydrogen-bond acceptors (Lipinski definition) is 3. The second-order valence-electron chi connectivity index (χ2n) is 2.08. The molecule has 1 heterocycles. The number of aryl methyl sites for hydroxylation is 1. The van der Waals surface area contributed by atoms with E-state index in [-0.39, 0.29) is 65.4 Å². The van der Waals surface area contributed by atoms with Gasteiger partial charge in [0.25, 0.3) is 0 Å². The Morgan fingerprint density at radius 2 is 1.27 bits per heavy atom. The van der Waals surface area contributed by atoms with Gasteiger partial charge in [0, 0.05) is 65.4 Å². The van der Waals surface area contributed by atoms with Gasteiger partial charge in [-0.3, -0.25) is 0 Å². The monoisotopic (exact) mass is 357 g/mol. The molecule has 1 aromatic rings. The van der Waals surface area contributed by atoms with Gasteiger partial charge in [-0.25, -0.2) is 0 Å². The quantitative estimate of drug-likeness (QED) is 0.669. The maximum absolute atomic E-state index is 3.60. The predicted octanol–water partition coefficient (Wildman–Crippen LogP) is 2.24. The summed E-state index contributed by atoms with van der Waals surface area (Å²) in [4.78, 5) is 10.6. The first-order valence-corrected chi connectivity index (χ1v) is 4.26. The zero-order valence-corrected chi connectivity index (χ0v) is 15.5. The zero-order chi connectivity index (χ0) is 10.5. The zero-order valence-electron chi connectivity index (χ0n) is 9.82. The molecule has 0 N–H and O–H groups in total. The van der Waals surface area contributed by atoms with Crippen molar-refractivity contribution in [2.45, 2.75) is 33.6 Å².